The van der Waals surface area contributed by atoms with E-state index in [1.807, 2.05) is 19.1 Å². The molecule has 2 rings (SSSR count). The minimum Gasteiger partial charge on any atom is -0.488 e. The van der Waals surface area contributed by atoms with Crippen molar-refractivity contribution in [2.24, 2.45) is 0 Å². The van der Waals surface area contributed by atoms with Gasteiger partial charge in [0, 0.05) is 0 Å². The molecule has 0 aliphatic carbocycles. The molecule has 0 amide bonds. The highest BCUT2D eigenvalue weighted by atomic mass is 79.9. The number of aryl methyl sites for hydroxylation is 1. The normalized spacial score (nSPS) is 19.5. The highest BCUT2D eigenvalue weighted by Crippen LogP contribution is 2.35. The lowest BCUT2D eigenvalue weighted by molar-refractivity contribution is 0.260. The molecule has 1 saturated heterocycles. The number of rotatable bonds is 3. The van der Waals surface area contributed by atoms with Crippen molar-refractivity contribution < 1.29 is 9.47 Å². The standard InChI is InChI=1S/C10H10Br2O2/c1-6-2-8(11)10(9(12)3-6)14-5-7-4-13-7/h2-3,7H,4-5H2,1H3. The molecule has 1 unspecified atom stereocenters. The Kier molecular flexibility index (Phi) is 3.14. The third-order valence-electron chi connectivity index (χ3n) is 1.96. The molecule has 76 valence electrons. The van der Waals surface area contributed by atoms with Crippen LogP contribution in [-0.4, -0.2) is 19.3 Å². The van der Waals surface area contributed by atoms with Crippen molar-refractivity contribution in [2.45, 2.75) is 13.0 Å². The Hall–Kier alpha value is -0.0600. The average molecular weight is 322 g/mol. The first-order valence-corrected chi connectivity index (χ1v) is 5.95. The molecule has 0 spiro atoms. The smallest absolute Gasteiger partial charge is 0.147 e. The van der Waals surface area contributed by atoms with Crippen molar-refractivity contribution in [3.63, 3.8) is 0 Å². The summed E-state index contributed by atoms with van der Waals surface area (Å²) >= 11 is 6.95. The lowest BCUT2D eigenvalue weighted by Gasteiger charge is -2.09. The molecular formula is C10H10Br2O2. The number of epoxide rings is 1. The van der Waals surface area contributed by atoms with Crippen LogP contribution in [-0.2, 0) is 4.74 Å². The maximum atomic E-state index is 5.63. The second-order valence-electron chi connectivity index (χ2n) is 3.32. The van der Waals surface area contributed by atoms with Crippen LogP contribution in [0.4, 0.5) is 0 Å². The first-order chi connectivity index (χ1) is 6.66. The Bertz CT molecular complexity index is 325. The average Bonchev–Trinajstić information content (AvgIpc) is 2.85. The predicted molar refractivity (Wildman–Crippen MR) is 61.8 cm³/mol. The van der Waals surface area contributed by atoms with E-state index in [1.165, 1.54) is 5.56 Å². The molecule has 1 aromatic rings. The van der Waals surface area contributed by atoms with Gasteiger partial charge in [-0.05, 0) is 56.5 Å². The van der Waals surface area contributed by atoms with E-state index < -0.39 is 0 Å². The number of hydrogen-bond acceptors (Lipinski definition) is 2. The lowest BCUT2D eigenvalue weighted by atomic mass is 10.2. The molecule has 1 heterocycles. The lowest BCUT2D eigenvalue weighted by Crippen LogP contribution is -2.05. The summed E-state index contributed by atoms with van der Waals surface area (Å²) in [4.78, 5) is 0. The third kappa shape index (κ3) is 2.49. The Labute approximate surface area is 99.8 Å². The molecule has 4 heteroatoms. The molecule has 1 aliphatic rings. The van der Waals surface area contributed by atoms with Crippen molar-refractivity contribution in [2.75, 3.05) is 13.2 Å². The summed E-state index contributed by atoms with van der Waals surface area (Å²) in [7, 11) is 0. The fraction of sp³-hybridized carbons (Fsp3) is 0.400. The summed E-state index contributed by atoms with van der Waals surface area (Å²) in [6.07, 6.45) is 0.287. The number of hydrogen-bond donors (Lipinski definition) is 0. The maximum absolute atomic E-state index is 5.63. The van der Waals surface area contributed by atoms with Crippen LogP contribution in [0.25, 0.3) is 0 Å². The highest BCUT2D eigenvalue weighted by molar-refractivity contribution is 9.11. The van der Waals surface area contributed by atoms with Crippen molar-refractivity contribution in [3.8, 4) is 5.75 Å². The van der Waals surface area contributed by atoms with Crippen LogP contribution in [0.2, 0.25) is 0 Å². The van der Waals surface area contributed by atoms with Crippen LogP contribution in [0.1, 0.15) is 5.56 Å². The van der Waals surface area contributed by atoms with Gasteiger partial charge in [-0.1, -0.05) is 0 Å². The van der Waals surface area contributed by atoms with Gasteiger partial charge < -0.3 is 9.47 Å². The highest BCUT2D eigenvalue weighted by Gasteiger charge is 2.23. The fourth-order valence-electron chi connectivity index (χ4n) is 1.17. The van der Waals surface area contributed by atoms with Crippen molar-refractivity contribution in [1.82, 2.24) is 0 Å². The van der Waals surface area contributed by atoms with E-state index in [1.54, 1.807) is 0 Å². The quantitative estimate of drug-likeness (QED) is 0.797. The molecule has 14 heavy (non-hydrogen) atoms. The van der Waals surface area contributed by atoms with E-state index >= 15 is 0 Å². The van der Waals surface area contributed by atoms with Gasteiger partial charge in [-0.3, -0.25) is 0 Å². The van der Waals surface area contributed by atoms with Gasteiger partial charge in [-0.25, -0.2) is 0 Å². The summed E-state index contributed by atoms with van der Waals surface area (Å²) in [5, 5.41) is 0. The Balaban J connectivity index is 2.13. The van der Waals surface area contributed by atoms with E-state index in [2.05, 4.69) is 31.9 Å². The minimum atomic E-state index is 0.287. The van der Waals surface area contributed by atoms with Gasteiger partial charge in [0.05, 0.1) is 15.6 Å². The van der Waals surface area contributed by atoms with E-state index in [-0.39, 0.29) is 6.10 Å². The second kappa shape index (κ2) is 4.21. The van der Waals surface area contributed by atoms with Gasteiger partial charge in [0.2, 0.25) is 0 Å². The molecule has 1 fully saturated rings. The largest absolute Gasteiger partial charge is 0.488 e. The molecule has 0 N–H and O–H groups in total. The van der Waals surface area contributed by atoms with Crippen LogP contribution < -0.4 is 4.74 Å². The van der Waals surface area contributed by atoms with Crippen molar-refractivity contribution in [1.29, 1.82) is 0 Å². The predicted octanol–water partition coefficient (Wildman–Crippen LogP) is 3.30. The first kappa shape index (κ1) is 10.5. The summed E-state index contributed by atoms with van der Waals surface area (Å²) in [6, 6.07) is 4.07. The number of benzene rings is 1. The number of halogens is 2. The van der Waals surface area contributed by atoms with E-state index in [0.717, 1.165) is 21.3 Å². The summed E-state index contributed by atoms with van der Waals surface area (Å²) in [5.74, 6) is 0.853. The van der Waals surface area contributed by atoms with E-state index in [4.69, 9.17) is 9.47 Å². The SMILES string of the molecule is Cc1cc(Br)c(OCC2CO2)c(Br)c1. The van der Waals surface area contributed by atoms with Crippen LogP contribution in [0.15, 0.2) is 21.1 Å². The van der Waals surface area contributed by atoms with Gasteiger partial charge in [-0.15, -0.1) is 0 Å². The van der Waals surface area contributed by atoms with E-state index in [0.29, 0.717) is 6.61 Å². The summed E-state index contributed by atoms with van der Waals surface area (Å²) in [6.45, 7) is 3.49. The zero-order valence-electron chi connectivity index (χ0n) is 7.72. The zero-order chi connectivity index (χ0) is 10.1. The minimum absolute atomic E-state index is 0.287. The summed E-state index contributed by atoms with van der Waals surface area (Å²) in [5.41, 5.74) is 1.19. The van der Waals surface area contributed by atoms with Gasteiger partial charge in [0.15, 0.2) is 0 Å². The molecule has 0 bridgehead atoms. The zero-order valence-corrected chi connectivity index (χ0v) is 10.9. The van der Waals surface area contributed by atoms with Gasteiger partial charge >= 0.3 is 0 Å². The van der Waals surface area contributed by atoms with Gasteiger partial charge in [0.25, 0.3) is 0 Å². The van der Waals surface area contributed by atoms with Crippen molar-refractivity contribution in [3.05, 3.63) is 26.6 Å². The Morgan fingerprint density at radius 2 is 2.00 bits per heavy atom. The van der Waals surface area contributed by atoms with Crippen LogP contribution in [0.3, 0.4) is 0 Å². The van der Waals surface area contributed by atoms with Crippen LogP contribution in [0.5, 0.6) is 5.75 Å². The van der Waals surface area contributed by atoms with E-state index in [9.17, 15) is 0 Å². The topological polar surface area (TPSA) is 21.8 Å². The molecule has 2 nitrogen and oxygen atoms in total. The Morgan fingerprint density at radius 3 is 2.50 bits per heavy atom. The van der Waals surface area contributed by atoms with Crippen LogP contribution >= 0.6 is 31.9 Å². The fourth-order valence-corrected chi connectivity index (χ4v) is 2.81. The third-order valence-corrected chi connectivity index (χ3v) is 3.14. The number of ether oxygens (including phenoxy) is 2. The van der Waals surface area contributed by atoms with Crippen molar-refractivity contribution >= 4 is 31.9 Å². The molecule has 1 aromatic carbocycles. The monoisotopic (exact) mass is 320 g/mol. The molecule has 0 radical (unpaired) electrons. The van der Waals surface area contributed by atoms with Gasteiger partial charge in [0.1, 0.15) is 18.5 Å². The maximum Gasteiger partial charge on any atom is 0.147 e. The molecule has 1 atom stereocenters. The van der Waals surface area contributed by atoms with Crippen LogP contribution in [0, 0.1) is 6.92 Å². The molecule has 0 aromatic heterocycles. The molecular weight excluding hydrogens is 312 g/mol. The molecule has 0 saturated carbocycles. The Morgan fingerprint density at radius 1 is 1.43 bits per heavy atom. The second-order valence-corrected chi connectivity index (χ2v) is 5.03. The first-order valence-electron chi connectivity index (χ1n) is 4.37. The summed E-state index contributed by atoms with van der Waals surface area (Å²) < 4.78 is 12.7. The van der Waals surface area contributed by atoms with Gasteiger partial charge in [-0.2, -0.15) is 0 Å². The molecule has 1 aliphatic heterocycles.